The standard InChI is InChI=1S/C24H31N3O3/c28-21-15-24(10-4-1-5-11-24)23(30)27(21)17-26-16-19-9-3-2-8-18(19)14-20(26)22(29)25-12-6-7-13-25/h2-3,8-9,20H,1,4-7,10-17H2. The van der Waals surface area contributed by atoms with E-state index >= 15 is 0 Å². The first-order valence-corrected chi connectivity index (χ1v) is 11.5. The first-order chi connectivity index (χ1) is 14.6. The van der Waals surface area contributed by atoms with E-state index in [-0.39, 0.29) is 30.4 Å². The molecule has 1 aliphatic carbocycles. The second-order valence-corrected chi connectivity index (χ2v) is 9.55. The number of benzene rings is 1. The van der Waals surface area contributed by atoms with Gasteiger partial charge in [-0.05, 0) is 43.2 Å². The normalized spacial score (nSPS) is 26.5. The molecule has 0 N–H and O–H groups in total. The molecule has 6 heteroatoms. The van der Waals surface area contributed by atoms with E-state index in [0.29, 0.717) is 19.4 Å². The highest BCUT2D eigenvalue weighted by molar-refractivity contribution is 6.06. The van der Waals surface area contributed by atoms with Crippen LogP contribution in [0.4, 0.5) is 0 Å². The van der Waals surface area contributed by atoms with Gasteiger partial charge in [-0.15, -0.1) is 0 Å². The second-order valence-electron chi connectivity index (χ2n) is 9.55. The van der Waals surface area contributed by atoms with Crippen molar-refractivity contribution in [2.24, 2.45) is 5.41 Å². The van der Waals surface area contributed by atoms with Crippen LogP contribution < -0.4 is 0 Å². The second kappa shape index (κ2) is 7.80. The molecule has 3 heterocycles. The number of hydrogen-bond donors (Lipinski definition) is 0. The van der Waals surface area contributed by atoms with E-state index in [1.165, 1.54) is 16.0 Å². The van der Waals surface area contributed by atoms with Gasteiger partial charge in [0.05, 0.1) is 18.1 Å². The molecule has 2 saturated heterocycles. The van der Waals surface area contributed by atoms with Crippen LogP contribution in [-0.4, -0.2) is 58.2 Å². The topological polar surface area (TPSA) is 60.9 Å². The van der Waals surface area contributed by atoms with Crippen molar-refractivity contribution in [3.05, 3.63) is 35.4 Å². The minimum atomic E-state index is -0.475. The lowest BCUT2D eigenvalue weighted by molar-refractivity contribution is -0.149. The number of likely N-dealkylation sites (tertiary alicyclic amines) is 2. The summed E-state index contributed by atoms with van der Waals surface area (Å²) in [6.07, 6.45) is 7.97. The molecule has 0 bridgehead atoms. The zero-order valence-corrected chi connectivity index (χ0v) is 17.6. The number of imide groups is 1. The lowest BCUT2D eigenvalue weighted by atomic mass is 9.73. The summed E-state index contributed by atoms with van der Waals surface area (Å²) >= 11 is 0. The molecule has 3 fully saturated rings. The number of carbonyl (C=O) groups is 3. The van der Waals surface area contributed by atoms with Crippen molar-refractivity contribution in [3.63, 3.8) is 0 Å². The highest BCUT2D eigenvalue weighted by Gasteiger charge is 2.52. The molecule has 1 atom stereocenters. The van der Waals surface area contributed by atoms with E-state index in [0.717, 1.165) is 58.0 Å². The van der Waals surface area contributed by atoms with Gasteiger partial charge in [0.15, 0.2) is 0 Å². The van der Waals surface area contributed by atoms with Crippen LogP contribution in [0.25, 0.3) is 0 Å². The summed E-state index contributed by atoms with van der Waals surface area (Å²) in [6.45, 7) is 2.47. The van der Waals surface area contributed by atoms with E-state index in [4.69, 9.17) is 0 Å². The minimum absolute atomic E-state index is 0.00145. The first-order valence-electron chi connectivity index (χ1n) is 11.5. The van der Waals surface area contributed by atoms with Gasteiger partial charge in [0.25, 0.3) is 0 Å². The Bertz CT molecular complexity index is 855. The summed E-state index contributed by atoms with van der Waals surface area (Å²) in [5, 5.41) is 0. The van der Waals surface area contributed by atoms with Gasteiger partial charge in [-0.25, -0.2) is 0 Å². The van der Waals surface area contributed by atoms with Gasteiger partial charge in [0, 0.05) is 26.1 Å². The molecule has 3 aliphatic heterocycles. The van der Waals surface area contributed by atoms with Crippen molar-refractivity contribution in [3.8, 4) is 0 Å². The van der Waals surface area contributed by atoms with Crippen molar-refractivity contribution < 1.29 is 14.4 Å². The Hall–Kier alpha value is -2.21. The summed E-state index contributed by atoms with van der Waals surface area (Å²) in [5.41, 5.74) is 1.92. The predicted molar refractivity (Wildman–Crippen MR) is 112 cm³/mol. The van der Waals surface area contributed by atoms with Gasteiger partial charge in [-0.2, -0.15) is 0 Å². The van der Waals surface area contributed by atoms with E-state index in [1.54, 1.807) is 0 Å². The number of nitrogens with zero attached hydrogens (tertiary/aromatic N) is 3. The van der Waals surface area contributed by atoms with Gasteiger partial charge in [0.2, 0.25) is 17.7 Å². The Morgan fingerprint density at radius 2 is 1.67 bits per heavy atom. The molecule has 4 aliphatic rings. The average molecular weight is 410 g/mol. The smallest absolute Gasteiger partial charge is 0.240 e. The molecule has 1 unspecified atom stereocenters. The Morgan fingerprint density at radius 3 is 2.40 bits per heavy atom. The Labute approximate surface area is 178 Å². The van der Waals surface area contributed by atoms with E-state index in [2.05, 4.69) is 17.0 Å². The Balaban J connectivity index is 1.40. The lowest BCUT2D eigenvalue weighted by Crippen LogP contribution is -2.55. The summed E-state index contributed by atoms with van der Waals surface area (Å²) < 4.78 is 0. The van der Waals surface area contributed by atoms with Gasteiger partial charge in [0.1, 0.15) is 0 Å². The van der Waals surface area contributed by atoms with Crippen LogP contribution in [0.3, 0.4) is 0 Å². The molecule has 1 spiro atoms. The Morgan fingerprint density at radius 1 is 0.967 bits per heavy atom. The maximum absolute atomic E-state index is 13.3. The van der Waals surface area contributed by atoms with Crippen LogP contribution in [-0.2, 0) is 27.3 Å². The third-order valence-corrected chi connectivity index (χ3v) is 7.67. The highest BCUT2D eigenvalue weighted by atomic mass is 16.2. The van der Waals surface area contributed by atoms with E-state index in [1.807, 2.05) is 17.0 Å². The fraction of sp³-hybridized carbons (Fsp3) is 0.625. The lowest BCUT2D eigenvalue weighted by Gasteiger charge is -2.39. The van der Waals surface area contributed by atoms with E-state index in [9.17, 15) is 14.4 Å². The first kappa shape index (κ1) is 19.7. The van der Waals surface area contributed by atoms with Crippen molar-refractivity contribution in [1.82, 2.24) is 14.7 Å². The monoisotopic (exact) mass is 409 g/mol. The molecule has 1 saturated carbocycles. The third-order valence-electron chi connectivity index (χ3n) is 7.67. The van der Waals surface area contributed by atoms with Crippen LogP contribution in [0, 0.1) is 5.41 Å². The Kier molecular flexibility index (Phi) is 5.13. The molecular formula is C24H31N3O3. The zero-order chi connectivity index (χ0) is 20.7. The van der Waals surface area contributed by atoms with Crippen LogP contribution in [0.2, 0.25) is 0 Å². The fourth-order valence-electron chi connectivity index (χ4n) is 5.92. The predicted octanol–water partition coefficient (Wildman–Crippen LogP) is 2.70. The summed E-state index contributed by atoms with van der Waals surface area (Å²) in [6, 6.07) is 7.92. The molecular weight excluding hydrogens is 378 g/mol. The van der Waals surface area contributed by atoms with Crippen molar-refractivity contribution in [1.29, 1.82) is 0 Å². The number of fused-ring (bicyclic) bond motifs is 1. The molecule has 0 radical (unpaired) electrons. The van der Waals surface area contributed by atoms with Gasteiger partial charge in [-0.1, -0.05) is 43.5 Å². The van der Waals surface area contributed by atoms with E-state index < -0.39 is 5.41 Å². The van der Waals surface area contributed by atoms with Crippen LogP contribution >= 0.6 is 0 Å². The molecule has 5 rings (SSSR count). The summed E-state index contributed by atoms with van der Waals surface area (Å²) in [5.74, 6) is 0.0834. The van der Waals surface area contributed by atoms with Crippen LogP contribution in [0.1, 0.15) is 62.5 Å². The van der Waals surface area contributed by atoms with Gasteiger partial charge in [-0.3, -0.25) is 24.2 Å². The molecule has 0 aromatic heterocycles. The molecule has 1 aromatic rings. The van der Waals surface area contributed by atoms with Crippen molar-refractivity contribution in [2.45, 2.75) is 70.4 Å². The third kappa shape index (κ3) is 3.35. The fourth-order valence-corrected chi connectivity index (χ4v) is 5.92. The maximum Gasteiger partial charge on any atom is 0.240 e. The summed E-state index contributed by atoms with van der Waals surface area (Å²) in [4.78, 5) is 45.1. The molecule has 160 valence electrons. The largest absolute Gasteiger partial charge is 0.341 e. The average Bonchev–Trinajstić information content (AvgIpc) is 3.37. The van der Waals surface area contributed by atoms with Gasteiger partial charge >= 0.3 is 0 Å². The highest BCUT2D eigenvalue weighted by Crippen LogP contribution is 2.45. The molecule has 1 aromatic carbocycles. The van der Waals surface area contributed by atoms with Gasteiger partial charge < -0.3 is 4.90 Å². The quantitative estimate of drug-likeness (QED) is 0.721. The number of rotatable bonds is 3. The molecule has 3 amide bonds. The van der Waals surface area contributed by atoms with Crippen molar-refractivity contribution >= 4 is 17.7 Å². The minimum Gasteiger partial charge on any atom is -0.341 e. The number of carbonyl (C=O) groups excluding carboxylic acids is 3. The molecule has 30 heavy (non-hydrogen) atoms. The SMILES string of the molecule is O=C(C1Cc2ccccc2CN1CN1C(=O)CC2(CCCCC2)C1=O)N1CCCC1. The molecule has 6 nitrogen and oxygen atoms in total. The number of hydrogen-bond acceptors (Lipinski definition) is 4. The maximum atomic E-state index is 13.3. The number of amides is 3. The summed E-state index contributed by atoms with van der Waals surface area (Å²) in [7, 11) is 0. The van der Waals surface area contributed by atoms with Crippen LogP contribution in [0.15, 0.2) is 24.3 Å². The van der Waals surface area contributed by atoms with Crippen LogP contribution in [0.5, 0.6) is 0 Å². The van der Waals surface area contributed by atoms with Crippen molar-refractivity contribution in [2.75, 3.05) is 19.8 Å². The zero-order valence-electron chi connectivity index (χ0n) is 17.6.